The highest BCUT2D eigenvalue weighted by Crippen LogP contribution is 2.78. The molecule has 1 N–H and O–H groups in total. The van der Waals surface area contributed by atoms with Crippen LogP contribution < -0.4 is 9.47 Å². The van der Waals surface area contributed by atoms with E-state index in [9.17, 15) is 5.11 Å². The van der Waals surface area contributed by atoms with Gasteiger partial charge in [-0.05, 0) is 61.5 Å². The lowest BCUT2D eigenvalue weighted by Gasteiger charge is -2.72. The Morgan fingerprint density at radius 2 is 1.88 bits per heavy atom. The number of rotatable bonds is 3. The van der Waals surface area contributed by atoms with Gasteiger partial charge in [0.25, 0.3) is 0 Å². The van der Waals surface area contributed by atoms with E-state index in [4.69, 9.17) is 14.2 Å². The van der Waals surface area contributed by atoms with Crippen molar-refractivity contribution in [2.75, 3.05) is 14.2 Å². The van der Waals surface area contributed by atoms with Gasteiger partial charge in [0.2, 0.25) is 0 Å². The predicted octanol–water partition coefficient (Wildman–Crippen LogP) is 5.05. The molecule has 0 amide bonds. The Bertz CT molecular complexity index is 1020. The van der Waals surface area contributed by atoms with Crippen molar-refractivity contribution < 1.29 is 19.3 Å². The second-order valence-corrected chi connectivity index (χ2v) is 12.5. The summed E-state index contributed by atoms with van der Waals surface area (Å²) in [5.41, 5.74) is 0.783. The minimum absolute atomic E-state index is 0.0276. The molecule has 1 heterocycles. The lowest BCUT2D eigenvalue weighted by Crippen LogP contribution is -2.78. The van der Waals surface area contributed by atoms with Crippen molar-refractivity contribution in [3.8, 4) is 11.5 Å². The summed E-state index contributed by atoms with van der Waals surface area (Å²) in [7, 11) is 3.54. The molecular formula is C28H38O4. The second-order valence-electron chi connectivity index (χ2n) is 12.5. The summed E-state index contributed by atoms with van der Waals surface area (Å²) in [5, 5.41) is 12.1. The van der Waals surface area contributed by atoms with Crippen LogP contribution in [0.3, 0.4) is 0 Å². The van der Waals surface area contributed by atoms with Gasteiger partial charge < -0.3 is 19.3 Å². The summed E-state index contributed by atoms with van der Waals surface area (Å²) < 4.78 is 19.3. The van der Waals surface area contributed by atoms with E-state index in [1.807, 2.05) is 6.92 Å². The van der Waals surface area contributed by atoms with Gasteiger partial charge >= 0.3 is 0 Å². The Labute approximate surface area is 192 Å². The topological polar surface area (TPSA) is 47.9 Å². The van der Waals surface area contributed by atoms with Crippen LogP contribution in [0.15, 0.2) is 24.3 Å². The highest BCUT2D eigenvalue weighted by atomic mass is 16.6. The third-order valence-electron chi connectivity index (χ3n) is 10.9. The third-order valence-corrected chi connectivity index (χ3v) is 10.9. The minimum atomic E-state index is -0.914. The molecule has 174 valence electrons. The number of ether oxygens (including phenoxy) is 3. The van der Waals surface area contributed by atoms with Crippen LogP contribution in [0.4, 0.5) is 0 Å². The number of aliphatic hydroxyl groups is 1. The molecule has 1 aromatic carbocycles. The Hall–Kier alpha value is -1.52. The number of allylic oxidation sites excluding steroid dienone is 1. The first-order valence-corrected chi connectivity index (χ1v) is 12.3. The van der Waals surface area contributed by atoms with Gasteiger partial charge in [-0.2, -0.15) is 0 Å². The first-order chi connectivity index (χ1) is 15.0. The zero-order valence-corrected chi connectivity index (χ0v) is 20.6. The van der Waals surface area contributed by atoms with Crippen molar-refractivity contribution in [2.24, 2.45) is 28.6 Å². The van der Waals surface area contributed by atoms with Gasteiger partial charge in [-0.1, -0.05) is 45.9 Å². The van der Waals surface area contributed by atoms with Gasteiger partial charge in [-0.15, -0.1) is 0 Å². The zero-order valence-electron chi connectivity index (χ0n) is 20.6. The monoisotopic (exact) mass is 438 g/mol. The summed E-state index contributed by atoms with van der Waals surface area (Å²) in [6.45, 7) is 10.9. The molecule has 4 nitrogen and oxygen atoms in total. The van der Waals surface area contributed by atoms with E-state index in [2.05, 4.69) is 52.0 Å². The number of benzene rings is 1. The maximum Gasteiger partial charge on any atom is 0.166 e. The molecule has 2 saturated carbocycles. The average molecular weight is 439 g/mol. The summed E-state index contributed by atoms with van der Waals surface area (Å²) in [5.74, 6) is 2.87. The lowest BCUT2D eigenvalue weighted by molar-refractivity contribution is -0.263. The maximum absolute atomic E-state index is 12.1. The van der Waals surface area contributed by atoms with Crippen LogP contribution in [-0.4, -0.2) is 36.6 Å². The Kier molecular flexibility index (Phi) is 3.90. The fourth-order valence-electron chi connectivity index (χ4n) is 8.76. The van der Waals surface area contributed by atoms with Crippen molar-refractivity contribution >= 4 is 0 Å². The molecule has 0 aromatic heterocycles. The molecule has 1 aliphatic heterocycles. The number of hydrogen-bond acceptors (Lipinski definition) is 4. The van der Waals surface area contributed by atoms with E-state index in [0.717, 1.165) is 30.8 Å². The molecule has 8 atom stereocenters. The SMILES string of the molecule is COc1ccc2c3c1O[C@H]1[C@@]4(OC)C=C[C@@]5(C[C@@H]4[C@](C)(O)C(C)(C)C)[C@@H](C2)[C@H](C)CC[C@]315. The average Bonchev–Trinajstić information content (AvgIpc) is 3.12. The first-order valence-electron chi connectivity index (χ1n) is 12.3. The van der Waals surface area contributed by atoms with Crippen LogP contribution in [-0.2, 0) is 16.6 Å². The zero-order chi connectivity index (χ0) is 22.9. The quantitative estimate of drug-likeness (QED) is 0.671. The molecule has 2 spiro atoms. The highest BCUT2D eigenvalue weighted by Gasteiger charge is 2.80. The van der Waals surface area contributed by atoms with Gasteiger partial charge in [0, 0.05) is 29.4 Å². The van der Waals surface area contributed by atoms with Gasteiger partial charge in [0.1, 0.15) is 11.7 Å². The first kappa shape index (κ1) is 21.0. The molecule has 5 aliphatic carbocycles. The lowest BCUT2D eigenvalue weighted by atomic mass is 9.32. The van der Waals surface area contributed by atoms with E-state index in [-0.39, 0.29) is 28.3 Å². The molecule has 4 heteroatoms. The molecule has 1 aromatic rings. The Morgan fingerprint density at radius 3 is 2.53 bits per heavy atom. The van der Waals surface area contributed by atoms with Crippen LogP contribution in [0.5, 0.6) is 11.5 Å². The largest absolute Gasteiger partial charge is 0.493 e. The predicted molar refractivity (Wildman–Crippen MR) is 124 cm³/mol. The van der Waals surface area contributed by atoms with Crippen molar-refractivity contribution in [2.45, 2.75) is 83.0 Å². The maximum atomic E-state index is 12.1. The molecule has 2 fully saturated rings. The number of hydrogen-bond donors (Lipinski definition) is 1. The van der Waals surface area contributed by atoms with E-state index in [0.29, 0.717) is 11.8 Å². The van der Waals surface area contributed by atoms with Crippen molar-refractivity contribution in [3.63, 3.8) is 0 Å². The Morgan fingerprint density at radius 1 is 1.12 bits per heavy atom. The van der Waals surface area contributed by atoms with E-state index < -0.39 is 11.2 Å². The van der Waals surface area contributed by atoms with Gasteiger partial charge in [0.15, 0.2) is 11.5 Å². The van der Waals surface area contributed by atoms with Crippen molar-refractivity contribution in [1.29, 1.82) is 0 Å². The normalized spacial score (nSPS) is 44.6. The van der Waals surface area contributed by atoms with Crippen LogP contribution in [0.2, 0.25) is 0 Å². The third kappa shape index (κ3) is 1.97. The van der Waals surface area contributed by atoms with Crippen molar-refractivity contribution in [1.82, 2.24) is 0 Å². The van der Waals surface area contributed by atoms with E-state index in [1.165, 1.54) is 17.5 Å². The summed E-state index contributed by atoms with van der Waals surface area (Å²) >= 11 is 0. The van der Waals surface area contributed by atoms with Crippen molar-refractivity contribution in [3.05, 3.63) is 35.4 Å². The molecule has 0 unspecified atom stereocenters. The fraction of sp³-hybridized carbons (Fsp3) is 0.714. The summed E-state index contributed by atoms with van der Waals surface area (Å²) in [6, 6.07) is 4.36. The van der Waals surface area contributed by atoms with Crippen LogP contribution in [0.25, 0.3) is 0 Å². The van der Waals surface area contributed by atoms with Gasteiger partial charge in [0.05, 0.1) is 12.7 Å². The highest BCUT2D eigenvalue weighted by molar-refractivity contribution is 5.65. The minimum Gasteiger partial charge on any atom is -0.493 e. The van der Waals surface area contributed by atoms with E-state index >= 15 is 0 Å². The molecule has 6 aliphatic rings. The fourth-order valence-corrected chi connectivity index (χ4v) is 8.76. The number of methoxy groups -OCH3 is 2. The van der Waals surface area contributed by atoms with Crippen LogP contribution in [0.1, 0.15) is 65.0 Å². The molecular weight excluding hydrogens is 400 g/mol. The van der Waals surface area contributed by atoms with Gasteiger partial charge in [-0.25, -0.2) is 0 Å². The van der Waals surface area contributed by atoms with Gasteiger partial charge in [-0.3, -0.25) is 0 Å². The Balaban J connectivity index is 1.67. The summed E-state index contributed by atoms with van der Waals surface area (Å²) in [4.78, 5) is 0. The second kappa shape index (κ2) is 5.93. The molecule has 0 radical (unpaired) electrons. The molecule has 32 heavy (non-hydrogen) atoms. The van der Waals surface area contributed by atoms with E-state index in [1.54, 1.807) is 14.2 Å². The summed E-state index contributed by atoms with van der Waals surface area (Å²) in [6.07, 6.45) is 8.95. The number of fused-ring (bicyclic) bond motifs is 1. The smallest absolute Gasteiger partial charge is 0.166 e. The molecule has 0 saturated heterocycles. The molecule has 7 rings (SSSR count). The van der Waals surface area contributed by atoms with Crippen LogP contribution in [0, 0.1) is 28.6 Å². The standard InChI is InChI=1S/C28H38O4/c1-16-10-11-27-21-17-8-9-19(30-6)22(21)32-23(27)28(31-7)13-12-26(27,18(16)14-17)15-20(28)25(5,29)24(2,3)4/h8-9,12-13,16,18,20,23,29H,10-11,14-15H2,1-7H3/t16-,18+,20-,23-,25+,26-,27+,28-/m1/s1. The molecule has 4 bridgehead atoms. The van der Waals surface area contributed by atoms with Crippen LogP contribution >= 0.6 is 0 Å².